The van der Waals surface area contributed by atoms with Crippen molar-refractivity contribution in [1.29, 1.82) is 0 Å². The van der Waals surface area contributed by atoms with E-state index in [-0.39, 0.29) is 39.0 Å². The van der Waals surface area contributed by atoms with Crippen molar-refractivity contribution in [2.24, 2.45) is 11.5 Å². The van der Waals surface area contributed by atoms with E-state index in [0.717, 1.165) is 9.80 Å². The molecule has 0 saturated heterocycles. The van der Waals surface area contributed by atoms with Crippen LogP contribution in [0.5, 0.6) is 0 Å². The number of nitrogens with two attached hydrogens (primary N) is 2. The van der Waals surface area contributed by atoms with Gasteiger partial charge >= 0.3 is 0 Å². The van der Waals surface area contributed by atoms with Gasteiger partial charge in [-0.1, -0.05) is 46.3 Å². The topological polar surface area (TPSA) is 127 Å². The third-order valence-electron chi connectivity index (χ3n) is 6.13. The number of hydrogen-bond donors (Lipinski definition) is 2. The molecule has 2 atom stereocenters. The van der Waals surface area contributed by atoms with E-state index in [4.69, 9.17) is 11.5 Å². The van der Waals surface area contributed by atoms with Crippen molar-refractivity contribution in [2.75, 3.05) is 5.33 Å². The maximum absolute atomic E-state index is 13.4. The van der Waals surface area contributed by atoms with Gasteiger partial charge in [-0.3, -0.25) is 24.1 Å². The summed E-state index contributed by atoms with van der Waals surface area (Å²) in [6.07, 6.45) is 3.05. The van der Waals surface area contributed by atoms with E-state index in [1.807, 2.05) is 0 Å². The van der Waals surface area contributed by atoms with E-state index in [2.05, 4.69) is 15.9 Å². The molecule has 2 aliphatic heterocycles. The van der Waals surface area contributed by atoms with E-state index in [0.29, 0.717) is 0 Å². The van der Waals surface area contributed by atoms with Gasteiger partial charge in [-0.2, -0.15) is 0 Å². The Morgan fingerprint density at radius 3 is 1.69 bits per heavy atom. The van der Waals surface area contributed by atoms with Crippen molar-refractivity contribution in [2.45, 2.75) is 11.6 Å². The molecule has 0 radical (unpaired) electrons. The highest BCUT2D eigenvalue weighted by Crippen LogP contribution is 2.43. The maximum atomic E-state index is 13.4. The number of carbonyl (C=O) groups excluding carboxylic acids is 4. The number of amides is 4. The van der Waals surface area contributed by atoms with Crippen LogP contribution >= 0.6 is 15.9 Å². The maximum Gasteiger partial charge on any atom is 0.266 e. The van der Waals surface area contributed by atoms with Crippen molar-refractivity contribution >= 4 is 39.6 Å². The molecule has 0 bridgehead atoms. The van der Waals surface area contributed by atoms with E-state index in [9.17, 15) is 19.2 Å². The molecular formula is C23H17BrN4O4. The first-order valence-electron chi connectivity index (χ1n) is 9.80. The number of nitrogens with zero attached hydrogens (tertiary/aromatic N) is 2. The number of allylic oxidation sites excluding steroid dienone is 1. The van der Waals surface area contributed by atoms with Crippen molar-refractivity contribution in [1.82, 2.24) is 9.80 Å². The van der Waals surface area contributed by atoms with Crippen molar-refractivity contribution in [3.8, 4) is 0 Å². The average Bonchev–Trinajstić information content (AvgIpc) is 3.21. The zero-order valence-corrected chi connectivity index (χ0v) is 18.2. The van der Waals surface area contributed by atoms with Gasteiger partial charge in [0.25, 0.3) is 23.6 Å². The van der Waals surface area contributed by atoms with E-state index >= 15 is 0 Å². The summed E-state index contributed by atoms with van der Waals surface area (Å²) in [6, 6.07) is 11.9. The lowest BCUT2D eigenvalue weighted by atomic mass is 9.81. The fourth-order valence-electron chi connectivity index (χ4n) is 4.59. The monoisotopic (exact) mass is 492 g/mol. The molecule has 0 aromatic heterocycles. The molecule has 32 heavy (non-hydrogen) atoms. The zero-order chi connectivity index (χ0) is 22.8. The molecule has 2 unspecified atom stereocenters. The summed E-state index contributed by atoms with van der Waals surface area (Å²) >= 11 is 3.41. The van der Waals surface area contributed by atoms with Gasteiger partial charge in [-0.15, -0.1) is 0 Å². The fourth-order valence-corrected chi connectivity index (χ4v) is 5.48. The highest BCUT2D eigenvalue weighted by Gasteiger charge is 2.59. The van der Waals surface area contributed by atoms with Gasteiger partial charge in [0.05, 0.1) is 39.7 Å². The lowest BCUT2D eigenvalue weighted by Crippen LogP contribution is -2.67. The van der Waals surface area contributed by atoms with Crippen LogP contribution < -0.4 is 11.5 Å². The van der Waals surface area contributed by atoms with E-state index in [1.165, 1.54) is 6.08 Å². The summed E-state index contributed by atoms with van der Waals surface area (Å²) in [5, 5.41) is -0.0413. The molecule has 0 spiro atoms. The minimum absolute atomic E-state index is 0.00470. The lowest BCUT2D eigenvalue weighted by Gasteiger charge is -2.47. The van der Waals surface area contributed by atoms with Crippen molar-refractivity contribution in [3.63, 3.8) is 0 Å². The molecule has 8 nitrogen and oxygen atoms in total. The summed E-state index contributed by atoms with van der Waals surface area (Å²) in [5.41, 5.74) is 12.1. The normalized spacial score (nSPS) is 24.5. The Hall–Kier alpha value is -3.56. The van der Waals surface area contributed by atoms with Crippen LogP contribution in [0.4, 0.5) is 0 Å². The predicted octanol–water partition coefficient (Wildman–Crippen LogP) is 1.78. The summed E-state index contributed by atoms with van der Waals surface area (Å²) in [4.78, 5) is 55.4. The van der Waals surface area contributed by atoms with E-state index < -0.39 is 35.2 Å². The average molecular weight is 493 g/mol. The van der Waals surface area contributed by atoms with Gasteiger partial charge in [0, 0.05) is 5.33 Å². The van der Waals surface area contributed by atoms with Gasteiger partial charge in [0.2, 0.25) is 0 Å². The molecule has 4 amide bonds. The first-order chi connectivity index (χ1) is 15.3. The van der Waals surface area contributed by atoms with E-state index in [1.54, 1.807) is 54.6 Å². The van der Waals surface area contributed by atoms with Crippen molar-refractivity contribution in [3.05, 3.63) is 94.3 Å². The quantitative estimate of drug-likeness (QED) is 0.496. The molecule has 1 aliphatic carbocycles. The Morgan fingerprint density at radius 1 is 0.812 bits per heavy atom. The number of fused-ring (bicyclic) bond motifs is 2. The molecule has 4 N–H and O–H groups in total. The SMILES string of the molecule is NC1=C(N2C(=O)c3ccccc3C2=O)C(CBr)(N2C(=O)c3ccccc3C2=O)C(N)C=C1. The Balaban J connectivity index is 1.73. The summed E-state index contributed by atoms with van der Waals surface area (Å²) in [5.74, 6) is -2.32. The molecule has 9 heteroatoms. The molecule has 2 heterocycles. The van der Waals surface area contributed by atoms with Crippen LogP contribution in [0.15, 0.2) is 72.1 Å². The minimum Gasteiger partial charge on any atom is -0.397 e. The molecule has 2 aromatic carbocycles. The third kappa shape index (κ3) is 2.40. The Morgan fingerprint density at radius 2 is 1.25 bits per heavy atom. The second kappa shape index (κ2) is 6.98. The molecule has 5 rings (SSSR count). The minimum atomic E-state index is -1.61. The van der Waals surface area contributed by atoms with Gasteiger partial charge < -0.3 is 11.5 Å². The Kier molecular flexibility index (Phi) is 4.44. The number of halogens is 1. The van der Waals surface area contributed by atoms with Crippen LogP contribution in [0, 0.1) is 0 Å². The largest absolute Gasteiger partial charge is 0.397 e. The Labute approximate surface area is 191 Å². The second-order valence-electron chi connectivity index (χ2n) is 7.73. The first-order valence-corrected chi connectivity index (χ1v) is 10.9. The van der Waals surface area contributed by atoms with Crippen LogP contribution in [0.1, 0.15) is 41.4 Å². The van der Waals surface area contributed by atoms with Crippen LogP contribution in [-0.4, -0.2) is 50.3 Å². The molecular weight excluding hydrogens is 476 g/mol. The Bertz CT molecular complexity index is 1230. The highest BCUT2D eigenvalue weighted by atomic mass is 79.9. The zero-order valence-electron chi connectivity index (χ0n) is 16.6. The summed E-state index contributed by atoms with van der Waals surface area (Å²) in [6.45, 7) is 0. The molecule has 2 aromatic rings. The van der Waals surface area contributed by atoms with Gasteiger partial charge in [-0.05, 0) is 30.3 Å². The van der Waals surface area contributed by atoms with Crippen LogP contribution in [0.3, 0.4) is 0 Å². The van der Waals surface area contributed by atoms with Crippen LogP contribution in [0.25, 0.3) is 0 Å². The molecule has 160 valence electrons. The summed E-state index contributed by atoms with van der Waals surface area (Å²) < 4.78 is 0. The second-order valence-corrected chi connectivity index (χ2v) is 8.29. The van der Waals surface area contributed by atoms with Crippen LogP contribution in [0.2, 0.25) is 0 Å². The lowest BCUT2D eigenvalue weighted by molar-refractivity contribution is 0.0405. The summed E-state index contributed by atoms with van der Waals surface area (Å²) in [7, 11) is 0. The number of benzene rings is 2. The number of imide groups is 2. The number of hydrogen-bond acceptors (Lipinski definition) is 6. The van der Waals surface area contributed by atoms with Crippen molar-refractivity contribution < 1.29 is 19.2 Å². The van der Waals surface area contributed by atoms with Gasteiger partial charge in [-0.25, -0.2) is 4.90 Å². The van der Waals surface area contributed by atoms with Gasteiger partial charge in [0.15, 0.2) is 0 Å². The molecule has 0 fully saturated rings. The predicted molar refractivity (Wildman–Crippen MR) is 119 cm³/mol. The smallest absolute Gasteiger partial charge is 0.266 e. The molecule has 3 aliphatic rings. The third-order valence-corrected chi connectivity index (χ3v) is 6.99. The van der Waals surface area contributed by atoms with Crippen LogP contribution in [-0.2, 0) is 0 Å². The number of carbonyl (C=O) groups is 4. The van der Waals surface area contributed by atoms with Gasteiger partial charge in [0.1, 0.15) is 5.54 Å². The number of alkyl halides is 1. The first kappa shape index (κ1) is 20.3. The fraction of sp³-hybridized carbons (Fsp3) is 0.130. The number of rotatable bonds is 3. The molecule has 0 saturated carbocycles. The standard InChI is InChI=1S/C23H17BrN4O4/c24-11-23(28-21(31)14-7-3-4-8-15(14)22(28)32)17(26)10-9-16(25)18(23)27-19(29)12-5-1-2-6-13(12)20(27)30/h1-10,17H,11,25-26H2. The highest BCUT2D eigenvalue weighted by molar-refractivity contribution is 9.09.